The van der Waals surface area contributed by atoms with Crippen LogP contribution in [0.4, 0.5) is 4.79 Å². The molecule has 1 aliphatic rings. The summed E-state index contributed by atoms with van der Waals surface area (Å²) < 4.78 is 7.46. The fourth-order valence-corrected chi connectivity index (χ4v) is 5.43. The molecule has 0 spiro atoms. The molecule has 0 saturated carbocycles. The summed E-state index contributed by atoms with van der Waals surface area (Å²) >= 11 is 0. The zero-order chi connectivity index (χ0) is 25.6. The molecule has 3 aromatic heterocycles. The van der Waals surface area contributed by atoms with Crippen LogP contribution >= 0.6 is 0 Å². The second-order valence-corrected chi connectivity index (χ2v) is 11.3. The van der Waals surface area contributed by atoms with Crippen molar-refractivity contribution in [2.75, 3.05) is 13.1 Å². The third kappa shape index (κ3) is 4.59. The number of carbonyl (C=O) groups is 1. The molecule has 7 heteroatoms. The van der Waals surface area contributed by atoms with Crippen molar-refractivity contribution in [2.24, 2.45) is 0 Å². The van der Waals surface area contributed by atoms with E-state index in [2.05, 4.69) is 66.3 Å². The number of aromatic amines is 1. The molecular formula is C29H37N5O2. The van der Waals surface area contributed by atoms with Gasteiger partial charge in [0.25, 0.3) is 0 Å². The number of aryl methyl sites for hydroxylation is 1. The minimum absolute atomic E-state index is 0.204. The Morgan fingerprint density at radius 2 is 1.94 bits per heavy atom. The Kier molecular flexibility index (Phi) is 6.27. The Hall–Kier alpha value is -3.35. The molecule has 0 radical (unpaired) electrons. The molecule has 1 saturated heterocycles. The van der Waals surface area contributed by atoms with Crippen molar-refractivity contribution in [3.8, 4) is 11.3 Å². The third-order valence-corrected chi connectivity index (χ3v) is 7.18. The summed E-state index contributed by atoms with van der Waals surface area (Å²) in [4.78, 5) is 22.5. The maximum absolute atomic E-state index is 12.5. The van der Waals surface area contributed by atoms with Crippen molar-refractivity contribution in [1.82, 2.24) is 24.5 Å². The summed E-state index contributed by atoms with van der Waals surface area (Å²) in [5, 5.41) is 5.69. The maximum atomic E-state index is 12.5. The number of pyridine rings is 1. The zero-order valence-electron chi connectivity index (χ0n) is 22.3. The standard InChI is InChI=1S/C29H37N5O2/c1-7-19-14-22(16-34-27(19)30-17-31-34)26-25(18(2)3)23-15-21(8-9-24(23)32-26)20-10-12-33(13-11-20)28(35)36-29(4,5)6/h8-9,14-18,20,32H,7,10-13H2,1-6H3. The highest BCUT2D eigenvalue weighted by atomic mass is 16.6. The van der Waals surface area contributed by atoms with Gasteiger partial charge >= 0.3 is 6.09 Å². The van der Waals surface area contributed by atoms with Crippen LogP contribution in [0, 0.1) is 0 Å². The largest absolute Gasteiger partial charge is 0.444 e. The van der Waals surface area contributed by atoms with Crippen LogP contribution in [-0.2, 0) is 11.2 Å². The van der Waals surface area contributed by atoms with Gasteiger partial charge in [-0.1, -0.05) is 26.8 Å². The number of aromatic nitrogens is 4. The van der Waals surface area contributed by atoms with Gasteiger partial charge in [-0.05, 0) is 86.8 Å². The Labute approximate surface area is 212 Å². The van der Waals surface area contributed by atoms with Crippen LogP contribution in [0.25, 0.3) is 27.8 Å². The fourth-order valence-electron chi connectivity index (χ4n) is 5.43. The number of likely N-dealkylation sites (tertiary alicyclic amines) is 1. The normalized spacial score (nSPS) is 15.4. The molecule has 0 aliphatic carbocycles. The fraction of sp³-hybridized carbons (Fsp3) is 0.483. The number of piperidine rings is 1. The van der Waals surface area contributed by atoms with Crippen LogP contribution in [-0.4, -0.2) is 49.3 Å². The molecule has 7 nitrogen and oxygen atoms in total. The molecule has 0 bridgehead atoms. The van der Waals surface area contributed by atoms with Crippen molar-refractivity contribution >= 4 is 22.6 Å². The highest BCUT2D eigenvalue weighted by Crippen LogP contribution is 2.38. The lowest BCUT2D eigenvalue weighted by molar-refractivity contribution is 0.0205. The number of fused-ring (bicyclic) bond motifs is 2. The van der Waals surface area contributed by atoms with Crippen LogP contribution < -0.4 is 0 Å². The number of hydrogen-bond acceptors (Lipinski definition) is 4. The van der Waals surface area contributed by atoms with Crippen molar-refractivity contribution in [2.45, 2.75) is 78.2 Å². The molecule has 5 rings (SSSR count). The van der Waals surface area contributed by atoms with Crippen molar-refractivity contribution in [3.63, 3.8) is 0 Å². The summed E-state index contributed by atoms with van der Waals surface area (Å²) in [5.74, 6) is 0.791. The van der Waals surface area contributed by atoms with Crippen LogP contribution in [0.5, 0.6) is 0 Å². The summed E-state index contributed by atoms with van der Waals surface area (Å²) in [6.45, 7) is 13.9. The van der Waals surface area contributed by atoms with Gasteiger partial charge in [0.05, 0.1) is 5.69 Å². The van der Waals surface area contributed by atoms with Gasteiger partial charge in [0.15, 0.2) is 5.65 Å². The quantitative estimate of drug-likeness (QED) is 0.348. The first-order chi connectivity index (χ1) is 17.1. The van der Waals surface area contributed by atoms with Gasteiger partial charge in [-0.15, -0.1) is 0 Å². The maximum Gasteiger partial charge on any atom is 0.410 e. The van der Waals surface area contributed by atoms with Crippen LogP contribution in [0.1, 0.15) is 82.9 Å². The van der Waals surface area contributed by atoms with E-state index in [1.54, 1.807) is 6.33 Å². The van der Waals surface area contributed by atoms with Crippen LogP contribution in [0.15, 0.2) is 36.8 Å². The number of ether oxygens (including phenoxy) is 1. The molecule has 36 heavy (non-hydrogen) atoms. The van der Waals surface area contributed by atoms with Crippen LogP contribution in [0.2, 0.25) is 0 Å². The molecule has 4 aromatic rings. The average Bonchev–Trinajstić information content (AvgIpc) is 3.46. The predicted octanol–water partition coefficient (Wildman–Crippen LogP) is 6.68. The first-order valence-electron chi connectivity index (χ1n) is 13.1. The number of H-pyrrole nitrogens is 1. The van der Waals surface area contributed by atoms with E-state index < -0.39 is 5.60 Å². The number of benzene rings is 1. The van der Waals surface area contributed by atoms with E-state index in [-0.39, 0.29) is 6.09 Å². The van der Waals surface area contributed by atoms with Crippen molar-refractivity contribution in [3.05, 3.63) is 53.5 Å². The molecule has 1 aliphatic heterocycles. The average molecular weight is 488 g/mol. The minimum Gasteiger partial charge on any atom is -0.444 e. The molecule has 4 heterocycles. The Balaban J connectivity index is 1.46. The van der Waals surface area contributed by atoms with E-state index in [9.17, 15) is 4.79 Å². The van der Waals surface area contributed by atoms with E-state index in [4.69, 9.17) is 4.74 Å². The zero-order valence-corrected chi connectivity index (χ0v) is 22.3. The van der Waals surface area contributed by atoms with Crippen molar-refractivity contribution < 1.29 is 9.53 Å². The Morgan fingerprint density at radius 3 is 2.61 bits per heavy atom. The van der Waals surface area contributed by atoms with Crippen LogP contribution in [0.3, 0.4) is 0 Å². The molecule has 1 amide bonds. The first kappa shape index (κ1) is 24.3. The summed E-state index contributed by atoms with van der Waals surface area (Å²) in [6.07, 6.45) is 6.28. The van der Waals surface area contributed by atoms with Gasteiger partial charge in [-0.25, -0.2) is 14.3 Å². The lowest BCUT2D eigenvalue weighted by Gasteiger charge is -2.33. The van der Waals surface area contributed by atoms with E-state index in [0.29, 0.717) is 11.8 Å². The second-order valence-electron chi connectivity index (χ2n) is 11.3. The van der Waals surface area contributed by atoms with Gasteiger partial charge in [0, 0.05) is 35.8 Å². The molecule has 0 atom stereocenters. The molecule has 1 fully saturated rings. The number of carbonyl (C=O) groups excluding carboxylic acids is 1. The number of rotatable bonds is 4. The van der Waals surface area contributed by atoms with Gasteiger partial charge in [0.1, 0.15) is 11.9 Å². The minimum atomic E-state index is -0.464. The van der Waals surface area contributed by atoms with E-state index in [0.717, 1.165) is 54.8 Å². The number of nitrogens with zero attached hydrogens (tertiary/aromatic N) is 4. The predicted molar refractivity (Wildman–Crippen MR) is 144 cm³/mol. The third-order valence-electron chi connectivity index (χ3n) is 7.18. The Morgan fingerprint density at radius 1 is 1.19 bits per heavy atom. The molecule has 0 unspecified atom stereocenters. The highest BCUT2D eigenvalue weighted by molar-refractivity contribution is 5.92. The summed E-state index contributed by atoms with van der Waals surface area (Å²) in [7, 11) is 0. The van der Waals surface area contributed by atoms with Gasteiger partial charge in [-0.3, -0.25) is 0 Å². The van der Waals surface area contributed by atoms with E-state index in [1.807, 2.05) is 30.2 Å². The lowest BCUT2D eigenvalue weighted by atomic mass is 9.87. The second kappa shape index (κ2) is 9.26. The number of nitrogens with one attached hydrogen (secondary N) is 1. The number of amides is 1. The molecule has 1 aromatic carbocycles. The summed E-state index contributed by atoms with van der Waals surface area (Å²) in [5.41, 5.74) is 7.77. The first-order valence-corrected chi connectivity index (χ1v) is 13.1. The van der Waals surface area contributed by atoms with Crippen molar-refractivity contribution in [1.29, 1.82) is 0 Å². The lowest BCUT2D eigenvalue weighted by Crippen LogP contribution is -2.41. The molecular weight excluding hydrogens is 450 g/mol. The van der Waals surface area contributed by atoms with E-state index >= 15 is 0 Å². The topological polar surface area (TPSA) is 75.5 Å². The number of hydrogen-bond donors (Lipinski definition) is 1. The highest BCUT2D eigenvalue weighted by Gasteiger charge is 2.28. The monoisotopic (exact) mass is 487 g/mol. The molecule has 1 N–H and O–H groups in total. The van der Waals surface area contributed by atoms with Gasteiger partial charge < -0.3 is 14.6 Å². The van der Waals surface area contributed by atoms with Gasteiger partial charge in [-0.2, -0.15) is 5.10 Å². The summed E-state index contributed by atoms with van der Waals surface area (Å²) in [6, 6.07) is 9.08. The smallest absolute Gasteiger partial charge is 0.410 e. The molecule has 190 valence electrons. The SMILES string of the molecule is CCc1cc(-c2[nH]c3ccc(C4CCN(C(=O)OC(C)(C)C)CC4)cc3c2C(C)C)cn2ncnc12. The van der Waals surface area contributed by atoms with Gasteiger partial charge in [0.2, 0.25) is 0 Å². The Bertz CT molecular complexity index is 1400. The van der Waals surface area contributed by atoms with E-state index in [1.165, 1.54) is 22.1 Å².